The predicted octanol–water partition coefficient (Wildman–Crippen LogP) is 0.463. The monoisotopic (exact) mass is 175 g/mol. The number of nitrogens with zero attached hydrogens (tertiary/aromatic N) is 1. The Morgan fingerprint density at radius 3 is 1.58 bits per heavy atom. The van der Waals surface area contributed by atoms with Crippen molar-refractivity contribution >= 4 is 0 Å². The highest BCUT2D eigenvalue weighted by Gasteiger charge is 1.96. The van der Waals surface area contributed by atoms with Crippen molar-refractivity contribution < 1.29 is 10.2 Å². The van der Waals surface area contributed by atoms with Gasteiger partial charge in [-0.15, -0.1) is 0 Å². The molecule has 0 spiro atoms. The molecule has 0 aliphatic carbocycles. The largest absolute Gasteiger partial charge is 0.396 e. The summed E-state index contributed by atoms with van der Waals surface area (Å²) in [5, 5.41) is 17.1. The van der Waals surface area contributed by atoms with Gasteiger partial charge in [0.2, 0.25) is 0 Å². The third kappa shape index (κ3) is 7.98. The van der Waals surface area contributed by atoms with E-state index in [1.807, 2.05) is 0 Å². The Morgan fingerprint density at radius 1 is 0.833 bits per heavy atom. The molecule has 0 aromatic rings. The van der Waals surface area contributed by atoms with Crippen molar-refractivity contribution in [2.24, 2.45) is 0 Å². The summed E-state index contributed by atoms with van der Waals surface area (Å²) in [5.74, 6) is 0. The number of hydrogen-bond donors (Lipinski definition) is 2. The normalized spacial score (nSPS) is 11.0. The van der Waals surface area contributed by atoms with Gasteiger partial charge in [-0.3, -0.25) is 0 Å². The number of aliphatic hydroxyl groups excluding tert-OH is 2. The molecule has 0 saturated heterocycles. The van der Waals surface area contributed by atoms with Crippen LogP contribution in [0.15, 0.2) is 0 Å². The van der Waals surface area contributed by atoms with Crippen molar-refractivity contribution in [3.63, 3.8) is 0 Å². The summed E-state index contributed by atoms with van der Waals surface area (Å²) in [5.41, 5.74) is 0. The van der Waals surface area contributed by atoms with E-state index in [-0.39, 0.29) is 0 Å². The smallest absolute Gasteiger partial charge is 0.0431 e. The predicted molar refractivity (Wildman–Crippen MR) is 50.1 cm³/mol. The molecule has 0 fully saturated rings. The maximum atomic E-state index is 8.54. The van der Waals surface area contributed by atoms with E-state index in [0.29, 0.717) is 13.2 Å². The highest BCUT2D eigenvalue weighted by Crippen LogP contribution is 1.95. The van der Waals surface area contributed by atoms with E-state index in [0.717, 1.165) is 38.8 Å². The number of unbranched alkanes of at least 4 members (excludes halogenated alkanes) is 2. The second kappa shape index (κ2) is 8.97. The Balaban J connectivity index is 3.04. The maximum Gasteiger partial charge on any atom is 0.0431 e. The van der Waals surface area contributed by atoms with Crippen molar-refractivity contribution in [1.29, 1.82) is 0 Å². The SMILES string of the molecule is CN(CCCCO)CCCCO. The summed E-state index contributed by atoms with van der Waals surface area (Å²) in [7, 11) is 2.08. The van der Waals surface area contributed by atoms with Gasteiger partial charge in [0.25, 0.3) is 0 Å². The molecular weight excluding hydrogens is 154 g/mol. The fraction of sp³-hybridized carbons (Fsp3) is 1.00. The molecule has 0 radical (unpaired) electrons. The van der Waals surface area contributed by atoms with Crippen LogP contribution in [0.3, 0.4) is 0 Å². The van der Waals surface area contributed by atoms with Gasteiger partial charge in [-0.25, -0.2) is 0 Å². The molecule has 0 aliphatic rings. The molecule has 0 aliphatic heterocycles. The van der Waals surface area contributed by atoms with Crippen LogP contribution in [0.25, 0.3) is 0 Å². The molecule has 2 N–H and O–H groups in total. The Labute approximate surface area is 75.0 Å². The zero-order valence-electron chi connectivity index (χ0n) is 8.00. The molecular formula is C9H21NO2. The molecule has 0 aromatic heterocycles. The summed E-state index contributed by atoms with van der Waals surface area (Å²) in [6.07, 6.45) is 3.91. The van der Waals surface area contributed by atoms with Gasteiger partial charge in [0, 0.05) is 13.2 Å². The standard InChI is InChI=1S/C9H21NO2/c1-10(6-2-4-8-11)7-3-5-9-12/h11-12H,2-9H2,1H3. The summed E-state index contributed by atoms with van der Waals surface area (Å²) in [6.45, 7) is 2.69. The second-order valence-electron chi connectivity index (χ2n) is 3.16. The Bertz CT molecular complexity index is 78.6. The fourth-order valence-electron chi connectivity index (χ4n) is 1.10. The molecule has 12 heavy (non-hydrogen) atoms. The van der Waals surface area contributed by atoms with Gasteiger partial charge >= 0.3 is 0 Å². The minimum Gasteiger partial charge on any atom is -0.396 e. The van der Waals surface area contributed by atoms with E-state index in [9.17, 15) is 0 Å². The molecule has 3 heteroatoms. The number of rotatable bonds is 8. The number of hydrogen-bond acceptors (Lipinski definition) is 3. The van der Waals surface area contributed by atoms with E-state index in [1.54, 1.807) is 0 Å². The lowest BCUT2D eigenvalue weighted by Gasteiger charge is -2.15. The first kappa shape index (κ1) is 11.9. The highest BCUT2D eigenvalue weighted by molar-refractivity contribution is 4.51. The maximum absolute atomic E-state index is 8.54. The van der Waals surface area contributed by atoms with Crippen LogP contribution in [0.2, 0.25) is 0 Å². The van der Waals surface area contributed by atoms with Crippen LogP contribution >= 0.6 is 0 Å². The van der Waals surface area contributed by atoms with Gasteiger partial charge in [-0.1, -0.05) is 0 Å². The zero-order chi connectivity index (χ0) is 9.23. The lowest BCUT2D eigenvalue weighted by Crippen LogP contribution is -2.21. The van der Waals surface area contributed by atoms with Gasteiger partial charge in [0.15, 0.2) is 0 Å². The van der Waals surface area contributed by atoms with Gasteiger partial charge in [-0.2, -0.15) is 0 Å². The molecule has 0 bridgehead atoms. The molecule has 0 amide bonds. The lowest BCUT2D eigenvalue weighted by molar-refractivity contribution is 0.249. The average molecular weight is 175 g/mol. The lowest BCUT2D eigenvalue weighted by atomic mass is 10.2. The Morgan fingerprint density at radius 2 is 1.25 bits per heavy atom. The van der Waals surface area contributed by atoms with Crippen molar-refractivity contribution in [2.75, 3.05) is 33.4 Å². The van der Waals surface area contributed by atoms with Crippen molar-refractivity contribution in [2.45, 2.75) is 25.7 Å². The second-order valence-corrected chi connectivity index (χ2v) is 3.16. The molecule has 0 atom stereocenters. The third-order valence-corrected chi connectivity index (χ3v) is 1.90. The van der Waals surface area contributed by atoms with E-state index in [2.05, 4.69) is 11.9 Å². The average Bonchev–Trinajstić information content (AvgIpc) is 2.06. The molecule has 0 saturated carbocycles. The Kier molecular flexibility index (Phi) is 8.88. The topological polar surface area (TPSA) is 43.7 Å². The molecule has 0 rings (SSSR count). The van der Waals surface area contributed by atoms with Gasteiger partial charge < -0.3 is 15.1 Å². The van der Waals surface area contributed by atoms with Gasteiger partial charge in [0.1, 0.15) is 0 Å². The van der Waals surface area contributed by atoms with Crippen LogP contribution < -0.4 is 0 Å². The minimum atomic E-state index is 0.296. The van der Waals surface area contributed by atoms with Gasteiger partial charge in [-0.05, 0) is 45.8 Å². The van der Waals surface area contributed by atoms with Gasteiger partial charge in [0.05, 0.1) is 0 Å². The van der Waals surface area contributed by atoms with Crippen LogP contribution in [-0.2, 0) is 0 Å². The quantitative estimate of drug-likeness (QED) is 0.527. The molecule has 0 heterocycles. The first-order valence-corrected chi connectivity index (χ1v) is 4.71. The van der Waals surface area contributed by atoms with E-state index >= 15 is 0 Å². The van der Waals surface area contributed by atoms with E-state index in [4.69, 9.17) is 10.2 Å². The third-order valence-electron chi connectivity index (χ3n) is 1.90. The summed E-state index contributed by atoms with van der Waals surface area (Å²) >= 11 is 0. The van der Waals surface area contributed by atoms with Crippen LogP contribution in [0.5, 0.6) is 0 Å². The zero-order valence-corrected chi connectivity index (χ0v) is 8.00. The van der Waals surface area contributed by atoms with Crippen LogP contribution in [0, 0.1) is 0 Å². The molecule has 0 unspecified atom stereocenters. The minimum absolute atomic E-state index is 0.296. The highest BCUT2D eigenvalue weighted by atomic mass is 16.3. The first-order chi connectivity index (χ1) is 5.81. The van der Waals surface area contributed by atoms with Crippen LogP contribution in [0.1, 0.15) is 25.7 Å². The first-order valence-electron chi connectivity index (χ1n) is 4.71. The summed E-state index contributed by atoms with van der Waals surface area (Å²) in [4.78, 5) is 2.24. The summed E-state index contributed by atoms with van der Waals surface area (Å²) < 4.78 is 0. The summed E-state index contributed by atoms with van der Waals surface area (Å²) in [6, 6.07) is 0. The van der Waals surface area contributed by atoms with E-state index < -0.39 is 0 Å². The van der Waals surface area contributed by atoms with E-state index in [1.165, 1.54) is 0 Å². The number of aliphatic hydroxyl groups is 2. The fourth-order valence-corrected chi connectivity index (χ4v) is 1.10. The molecule has 3 nitrogen and oxygen atoms in total. The van der Waals surface area contributed by atoms with Crippen LogP contribution in [0.4, 0.5) is 0 Å². The molecule has 0 aromatic carbocycles. The van der Waals surface area contributed by atoms with Crippen molar-refractivity contribution in [1.82, 2.24) is 4.90 Å². The van der Waals surface area contributed by atoms with Crippen molar-refractivity contribution in [3.05, 3.63) is 0 Å². The molecule has 74 valence electrons. The van der Waals surface area contributed by atoms with Crippen molar-refractivity contribution in [3.8, 4) is 0 Å². The Hall–Kier alpha value is -0.120. The van der Waals surface area contributed by atoms with Crippen LogP contribution in [-0.4, -0.2) is 48.5 Å².